The Kier molecular flexibility index (Phi) is 4.50. The first kappa shape index (κ1) is 17.4. The van der Waals surface area contributed by atoms with Crippen LogP contribution in [0.4, 0.5) is 5.82 Å². The summed E-state index contributed by atoms with van der Waals surface area (Å²) in [5.74, 6) is 0.778. The highest BCUT2D eigenvalue weighted by atomic mass is 15.3. The number of aryl methyl sites for hydroxylation is 2. The van der Waals surface area contributed by atoms with Crippen LogP contribution in [0.1, 0.15) is 24.0 Å². The maximum absolute atomic E-state index is 9.11. The van der Waals surface area contributed by atoms with Gasteiger partial charge in [-0.15, -0.1) is 10.2 Å². The Morgan fingerprint density at radius 2 is 2.11 bits per heavy atom. The van der Waals surface area contributed by atoms with Gasteiger partial charge in [-0.3, -0.25) is 4.68 Å². The molecule has 1 aliphatic rings. The van der Waals surface area contributed by atoms with Gasteiger partial charge in [0.1, 0.15) is 11.2 Å². The number of anilines is 1. The molecular weight excluding hydrogens is 338 g/mol. The summed E-state index contributed by atoms with van der Waals surface area (Å²) < 4.78 is 1.85. The van der Waals surface area contributed by atoms with Crippen LogP contribution in [0.25, 0.3) is 22.2 Å². The number of rotatable bonds is 3. The summed E-state index contributed by atoms with van der Waals surface area (Å²) in [4.78, 5) is 2.34. The Hall–Kier alpha value is -2.98. The largest absolute Gasteiger partial charge is 0.363 e. The van der Waals surface area contributed by atoms with Crippen molar-refractivity contribution >= 4 is 16.7 Å². The molecule has 0 unspecified atom stereocenters. The molecule has 4 rings (SSSR count). The normalized spacial score (nSPS) is 17.8. The number of fused-ring (bicyclic) bond motifs is 1. The van der Waals surface area contributed by atoms with Crippen LogP contribution in [-0.4, -0.2) is 51.1 Å². The van der Waals surface area contributed by atoms with Crippen LogP contribution in [0, 0.1) is 18.3 Å². The molecule has 1 fully saturated rings. The van der Waals surface area contributed by atoms with Gasteiger partial charge in [0.2, 0.25) is 0 Å². The van der Waals surface area contributed by atoms with E-state index >= 15 is 0 Å². The number of aromatic nitrogens is 4. The number of likely N-dealkylation sites (tertiary alicyclic amines) is 1. The molecule has 0 bridgehead atoms. The van der Waals surface area contributed by atoms with Crippen LogP contribution in [0.15, 0.2) is 24.4 Å². The van der Waals surface area contributed by atoms with Gasteiger partial charge in [0.25, 0.3) is 0 Å². The number of likely N-dealkylation sites (N-methyl/N-ethyl adjacent to an activating group) is 1. The molecule has 1 aromatic carbocycles. The van der Waals surface area contributed by atoms with Crippen molar-refractivity contribution < 1.29 is 0 Å². The number of benzene rings is 1. The van der Waals surface area contributed by atoms with Gasteiger partial charge in [-0.1, -0.05) is 6.07 Å². The number of hydrogen-bond donors (Lipinski definition) is 1. The Bertz CT molecular complexity index is 1030. The van der Waals surface area contributed by atoms with Crippen molar-refractivity contribution in [3.8, 4) is 17.3 Å². The van der Waals surface area contributed by atoms with Crippen molar-refractivity contribution in [2.24, 2.45) is 7.05 Å². The van der Waals surface area contributed by atoms with Crippen LogP contribution >= 0.6 is 0 Å². The van der Waals surface area contributed by atoms with Crippen LogP contribution in [-0.2, 0) is 7.05 Å². The minimum absolute atomic E-state index is 0.360. The molecule has 7 nitrogen and oxygen atoms in total. The van der Waals surface area contributed by atoms with Crippen molar-refractivity contribution in [2.45, 2.75) is 25.8 Å². The highest BCUT2D eigenvalue weighted by Crippen LogP contribution is 2.32. The van der Waals surface area contributed by atoms with Gasteiger partial charge >= 0.3 is 0 Å². The van der Waals surface area contributed by atoms with Crippen molar-refractivity contribution in [1.29, 1.82) is 5.26 Å². The summed E-state index contributed by atoms with van der Waals surface area (Å²) in [6.45, 7) is 4.13. The molecular formula is C20H23N7. The van der Waals surface area contributed by atoms with Gasteiger partial charge in [-0.2, -0.15) is 10.4 Å². The highest BCUT2D eigenvalue weighted by Gasteiger charge is 2.21. The Morgan fingerprint density at radius 1 is 1.26 bits per heavy atom. The van der Waals surface area contributed by atoms with E-state index in [0.717, 1.165) is 53.1 Å². The molecule has 27 heavy (non-hydrogen) atoms. The second-order valence-corrected chi connectivity index (χ2v) is 7.31. The van der Waals surface area contributed by atoms with Crippen LogP contribution in [0.5, 0.6) is 0 Å². The van der Waals surface area contributed by atoms with Crippen LogP contribution < -0.4 is 5.32 Å². The molecule has 0 amide bonds. The molecule has 0 saturated carbocycles. The molecule has 1 saturated heterocycles. The summed E-state index contributed by atoms with van der Waals surface area (Å²) in [7, 11) is 4.08. The van der Waals surface area contributed by atoms with Gasteiger partial charge in [0.05, 0.1) is 23.2 Å². The molecule has 0 spiro atoms. The molecule has 0 aliphatic carbocycles. The molecule has 1 N–H and O–H groups in total. The predicted octanol–water partition coefficient (Wildman–Crippen LogP) is 2.72. The quantitative estimate of drug-likeness (QED) is 0.772. The van der Waals surface area contributed by atoms with Crippen LogP contribution in [0.3, 0.4) is 0 Å². The van der Waals surface area contributed by atoms with Gasteiger partial charge in [0, 0.05) is 25.2 Å². The SMILES string of the molecule is Cc1cc(C#N)ccc1-c1nnc(N[C@@H]2CCCN(C)C2)c2c1cnn2C. The molecule has 138 valence electrons. The number of nitriles is 1. The summed E-state index contributed by atoms with van der Waals surface area (Å²) >= 11 is 0. The maximum atomic E-state index is 9.11. The van der Waals surface area contributed by atoms with Crippen molar-refractivity contribution in [2.75, 3.05) is 25.5 Å². The summed E-state index contributed by atoms with van der Waals surface area (Å²) in [5, 5.41) is 27.1. The number of nitrogens with one attached hydrogen (secondary N) is 1. The zero-order valence-corrected chi connectivity index (χ0v) is 15.9. The zero-order valence-electron chi connectivity index (χ0n) is 15.9. The second kappa shape index (κ2) is 6.97. The Morgan fingerprint density at radius 3 is 2.85 bits per heavy atom. The first-order valence-corrected chi connectivity index (χ1v) is 9.21. The van der Waals surface area contributed by atoms with E-state index in [0.29, 0.717) is 11.6 Å². The van der Waals surface area contributed by atoms with E-state index in [2.05, 4.69) is 38.6 Å². The zero-order chi connectivity index (χ0) is 19.0. The third kappa shape index (κ3) is 3.24. The average Bonchev–Trinajstić information content (AvgIpc) is 3.05. The van der Waals surface area contributed by atoms with Crippen molar-refractivity contribution in [1.82, 2.24) is 24.9 Å². The van der Waals surface area contributed by atoms with Gasteiger partial charge < -0.3 is 10.2 Å². The minimum atomic E-state index is 0.360. The smallest absolute Gasteiger partial charge is 0.175 e. The summed E-state index contributed by atoms with van der Waals surface area (Å²) in [6, 6.07) is 8.17. The molecule has 1 aliphatic heterocycles. The van der Waals surface area contributed by atoms with E-state index in [-0.39, 0.29) is 0 Å². The van der Waals surface area contributed by atoms with Gasteiger partial charge in [-0.25, -0.2) is 0 Å². The first-order valence-electron chi connectivity index (χ1n) is 9.21. The van der Waals surface area contributed by atoms with E-state index in [1.807, 2.05) is 43.0 Å². The maximum Gasteiger partial charge on any atom is 0.175 e. The van der Waals surface area contributed by atoms with Crippen molar-refractivity contribution in [3.05, 3.63) is 35.5 Å². The van der Waals surface area contributed by atoms with E-state index < -0.39 is 0 Å². The molecule has 2 aromatic heterocycles. The first-order chi connectivity index (χ1) is 13.1. The Balaban J connectivity index is 1.76. The summed E-state index contributed by atoms with van der Waals surface area (Å²) in [5.41, 5.74) is 4.38. The van der Waals surface area contributed by atoms with E-state index in [9.17, 15) is 0 Å². The highest BCUT2D eigenvalue weighted by molar-refractivity contribution is 5.98. The number of hydrogen-bond acceptors (Lipinski definition) is 6. The third-order valence-electron chi connectivity index (χ3n) is 5.24. The average molecular weight is 361 g/mol. The predicted molar refractivity (Wildman–Crippen MR) is 105 cm³/mol. The lowest BCUT2D eigenvalue weighted by Crippen LogP contribution is -2.40. The molecule has 1 atom stereocenters. The van der Waals surface area contributed by atoms with Gasteiger partial charge in [-0.05, 0) is 51.1 Å². The molecule has 3 aromatic rings. The fraction of sp³-hybridized carbons (Fsp3) is 0.400. The molecule has 3 heterocycles. The second-order valence-electron chi connectivity index (χ2n) is 7.31. The fourth-order valence-corrected chi connectivity index (χ4v) is 3.87. The topological polar surface area (TPSA) is 82.7 Å². The van der Waals surface area contributed by atoms with E-state index in [1.54, 1.807) is 0 Å². The fourth-order valence-electron chi connectivity index (χ4n) is 3.87. The number of piperidine rings is 1. The lowest BCUT2D eigenvalue weighted by atomic mass is 10.0. The minimum Gasteiger partial charge on any atom is -0.363 e. The number of nitrogens with zero attached hydrogens (tertiary/aromatic N) is 6. The monoisotopic (exact) mass is 361 g/mol. The third-order valence-corrected chi connectivity index (χ3v) is 5.24. The van der Waals surface area contributed by atoms with Gasteiger partial charge in [0.15, 0.2) is 5.82 Å². The van der Waals surface area contributed by atoms with Crippen LogP contribution in [0.2, 0.25) is 0 Å². The lowest BCUT2D eigenvalue weighted by Gasteiger charge is -2.30. The Labute approximate surface area is 158 Å². The van der Waals surface area contributed by atoms with E-state index in [4.69, 9.17) is 5.26 Å². The van der Waals surface area contributed by atoms with Crippen molar-refractivity contribution in [3.63, 3.8) is 0 Å². The van der Waals surface area contributed by atoms with E-state index in [1.165, 1.54) is 6.42 Å². The lowest BCUT2D eigenvalue weighted by molar-refractivity contribution is 0.261. The summed E-state index contributed by atoms with van der Waals surface area (Å²) in [6.07, 6.45) is 4.15. The molecule has 7 heteroatoms. The standard InChI is InChI=1S/C20H23N7/c1-13-9-14(10-21)6-7-16(13)18-17-11-22-27(3)19(17)20(25-24-18)23-15-5-4-8-26(2)12-15/h6-7,9,11,15H,4-5,8,12H2,1-3H3,(H,23,25)/t15-/m1/s1. The molecule has 0 radical (unpaired) electrons.